The monoisotopic (exact) mass is 567 g/mol. The van der Waals surface area contributed by atoms with Crippen molar-refractivity contribution in [3.63, 3.8) is 0 Å². The molecule has 4 aromatic carbocycles. The van der Waals surface area contributed by atoms with Gasteiger partial charge in [-0.05, 0) is 63.6 Å². The molecule has 0 amide bonds. The molecule has 0 saturated carbocycles. The van der Waals surface area contributed by atoms with E-state index >= 15 is 0 Å². The number of halogens is 3. The molecule has 5 aromatic rings. The van der Waals surface area contributed by atoms with Gasteiger partial charge in [-0.25, -0.2) is 0 Å². The molecule has 0 aliphatic heterocycles. The van der Waals surface area contributed by atoms with Gasteiger partial charge < -0.3 is 10.6 Å². The Bertz CT molecular complexity index is 1660. The summed E-state index contributed by atoms with van der Waals surface area (Å²) in [5.74, 6) is 0.748. The van der Waals surface area contributed by atoms with E-state index in [2.05, 4.69) is 56.5 Å². The molecule has 0 saturated heterocycles. The van der Waals surface area contributed by atoms with E-state index in [-0.39, 0.29) is 12.2 Å². The number of nitrogens with zero attached hydrogens (tertiary/aromatic N) is 1. The number of nitrogens with one attached hydrogen (secondary N) is 2. The topological polar surface area (TPSA) is 37.0 Å². The van der Waals surface area contributed by atoms with Gasteiger partial charge in [0.15, 0.2) is 0 Å². The Morgan fingerprint density at radius 1 is 0.667 bits per heavy atom. The minimum atomic E-state index is -4.44. The molecule has 6 heteroatoms. The molecule has 42 heavy (non-hydrogen) atoms. The Labute approximate surface area is 245 Å². The summed E-state index contributed by atoms with van der Waals surface area (Å²) in [7, 11) is 0. The van der Waals surface area contributed by atoms with Gasteiger partial charge in [0.05, 0.1) is 23.5 Å². The highest BCUT2D eigenvalue weighted by molar-refractivity contribution is 5.97. The predicted molar refractivity (Wildman–Crippen MR) is 168 cm³/mol. The zero-order valence-corrected chi connectivity index (χ0v) is 24.4. The molecule has 1 heterocycles. The Balaban J connectivity index is 1.50. The van der Waals surface area contributed by atoms with Crippen molar-refractivity contribution >= 4 is 22.1 Å². The number of fused-ring (bicyclic) bond motifs is 1. The Morgan fingerprint density at radius 2 is 1.33 bits per heavy atom. The fourth-order valence-electron chi connectivity index (χ4n) is 5.49. The second-order valence-electron chi connectivity index (χ2n) is 11.2. The minimum Gasteiger partial charge on any atom is -0.380 e. The van der Waals surface area contributed by atoms with Crippen LogP contribution in [-0.2, 0) is 19.3 Å². The number of anilines is 2. The number of benzene rings is 4. The molecule has 2 N–H and O–H groups in total. The Hall–Kier alpha value is -4.32. The van der Waals surface area contributed by atoms with E-state index < -0.39 is 11.7 Å². The van der Waals surface area contributed by atoms with Crippen LogP contribution in [0.15, 0.2) is 97.1 Å². The summed E-state index contributed by atoms with van der Waals surface area (Å²) in [6.07, 6.45) is -4.44. The molecule has 0 spiro atoms. The Kier molecular flexibility index (Phi) is 8.53. The van der Waals surface area contributed by atoms with E-state index in [1.807, 2.05) is 54.6 Å². The van der Waals surface area contributed by atoms with Crippen LogP contribution in [0.4, 0.5) is 24.5 Å². The average molecular weight is 568 g/mol. The van der Waals surface area contributed by atoms with Crippen molar-refractivity contribution in [2.45, 2.75) is 58.8 Å². The van der Waals surface area contributed by atoms with E-state index in [9.17, 15) is 13.2 Å². The van der Waals surface area contributed by atoms with Gasteiger partial charge in [-0.15, -0.1) is 0 Å². The van der Waals surface area contributed by atoms with Gasteiger partial charge in [-0.3, -0.25) is 4.98 Å². The van der Waals surface area contributed by atoms with Crippen LogP contribution in [-0.4, -0.2) is 4.98 Å². The highest BCUT2D eigenvalue weighted by atomic mass is 19.4. The van der Waals surface area contributed by atoms with Gasteiger partial charge in [-0.1, -0.05) is 100 Å². The van der Waals surface area contributed by atoms with E-state index in [1.165, 1.54) is 23.3 Å². The third-order valence-corrected chi connectivity index (χ3v) is 7.60. The van der Waals surface area contributed by atoms with Gasteiger partial charge in [0.1, 0.15) is 0 Å². The molecule has 1 aromatic heterocycles. The molecule has 216 valence electrons. The van der Waals surface area contributed by atoms with Crippen molar-refractivity contribution in [1.82, 2.24) is 4.98 Å². The summed E-state index contributed by atoms with van der Waals surface area (Å²) in [5, 5.41) is 8.77. The van der Waals surface area contributed by atoms with Gasteiger partial charge in [0.25, 0.3) is 0 Å². The molecule has 0 fully saturated rings. The van der Waals surface area contributed by atoms with Crippen LogP contribution >= 0.6 is 0 Å². The van der Waals surface area contributed by atoms with Crippen LogP contribution in [0.25, 0.3) is 22.0 Å². The normalized spacial score (nSPS) is 11.8. The lowest BCUT2D eigenvalue weighted by Gasteiger charge is -2.21. The van der Waals surface area contributed by atoms with Crippen molar-refractivity contribution in [3.05, 3.63) is 125 Å². The summed E-state index contributed by atoms with van der Waals surface area (Å²) < 4.78 is 40.9. The van der Waals surface area contributed by atoms with Crippen molar-refractivity contribution in [2.75, 3.05) is 10.6 Å². The van der Waals surface area contributed by atoms with Gasteiger partial charge in [0.2, 0.25) is 0 Å². The molecule has 0 bridgehead atoms. The molecule has 3 nitrogen and oxygen atoms in total. The SMILES string of the molecule is CC(C)c1cccc(C(C)C)c1NCc1cccc(-c2c(CNc3ccccc3C(F)(F)F)ccc3ccccc23)n1. The Morgan fingerprint density at radius 3 is 2.05 bits per heavy atom. The second-order valence-corrected chi connectivity index (χ2v) is 11.2. The fraction of sp³-hybridized carbons (Fsp3) is 0.250. The number of aromatic nitrogens is 1. The molecular weight excluding hydrogens is 531 g/mol. The highest BCUT2D eigenvalue weighted by Crippen LogP contribution is 2.37. The molecule has 0 aliphatic rings. The van der Waals surface area contributed by atoms with Crippen LogP contribution in [0.5, 0.6) is 0 Å². The maximum Gasteiger partial charge on any atom is 0.418 e. The van der Waals surface area contributed by atoms with E-state index in [0.29, 0.717) is 18.4 Å². The van der Waals surface area contributed by atoms with Crippen LogP contribution in [0, 0.1) is 0 Å². The maximum absolute atomic E-state index is 13.6. The number of rotatable bonds is 9. The number of para-hydroxylation sites is 2. The van der Waals surface area contributed by atoms with E-state index in [0.717, 1.165) is 45.0 Å². The molecule has 0 unspecified atom stereocenters. The zero-order valence-electron chi connectivity index (χ0n) is 24.4. The van der Waals surface area contributed by atoms with Gasteiger partial charge >= 0.3 is 6.18 Å². The van der Waals surface area contributed by atoms with E-state index in [1.54, 1.807) is 6.07 Å². The fourth-order valence-corrected chi connectivity index (χ4v) is 5.49. The lowest BCUT2D eigenvalue weighted by molar-refractivity contribution is -0.137. The molecular formula is C36H36F3N3. The van der Waals surface area contributed by atoms with Crippen molar-refractivity contribution in [1.29, 1.82) is 0 Å². The summed E-state index contributed by atoms with van der Waals surface area (Å²) in [6.45, 7) is 9.57. The average Bonchev–Trinajstić information content (AvgIpc) is 2.98. The lowest BCUT2D eigenvalue weighted by Crippen LogP contribution is -2.11. The number of pyridine rings is 1. The highest BCUT2D eigenvalue weighted by Gasteiger charge is 2.33. The van der Waals surface area contributed by atoms with Crippen LogP contribution in [0.1, 0.15) is 67.5 Å². The first-order valence-corrected chi connectivity index (χ1v) is 14.4. The van der Waals surface area contributed by atoms with Crippen LogP contribution < -0.4 is 10.6 Å². The first-order chi connectivity index (χ1) is 20.1. The first kappa shape index (κ1) is 29.2. The zero-order chi connectivity index (χ0) is 29.9. The minimum absolute atomic E-state index is 0.0554. The van der Waals surface area contributed by atoms with E-state index in [4.69, 9.17) is 4.98 Å². The van der Waals surface area contributed by atoms with Crippen molar-refractivity contribution < 1.29 is 13.2 Å². The standard InChI is InChI=1S/C36H36F3N3/c1-23(2)28-14-10-15-29(24(3)4)35(28)41-22-27-12-9-18-33(42-27)34-26(20-19-25-11-5-6-13-30(25)34)21-40-32-17-8-7-16-31(32)36(37,38)39/h5-20,23-24,40-41H,21-22H2,1-4H3. The summed E-state index contributed by atoms with van der Waals surface area (Å²) in [5.41, 5.74) is 6.54. The third-order valence-electron chi connectivity index (χ3n) is 7.60. The largest absolute Gasteiger partial charge is 0.418 e. The molecule has 0 aliphatic carbocycles. The number of hydrogen-bond donors (Lipinski definition) is 2. The quantitative estimate of drug-likeness (QED) is 0.186. The van der Waals surface area contributed by atoms with Gasteiger partial charge in [0, 0.05) is 23.5 Å². The van der Waals surface area contributed by atoms with Crippen molar-refractivity contribution in [3.8, 4) is 11.3 Å². The summed E-state index contributed by atoms with van der Waals surface area (Å²) >= 11 is 0. The molecule has 5 rings (SSSR count). The maximum atomic E-state index is 13.6. The third kappa shape index (κ3) is 6.28. The molecule has 0 atom stereocenters. The summed E-state index contributed by atoms with van der Waals surface area (Å²) in [6, 6.07) is 30.0. The smallest absolute Gasteiger partial charge is 0.380 e. The first-order valence-electron chi connectivity index (χ1n) is 14.4. The second kappa shape index (κ2) is 12.3. The van der Waals surface area contributed by atoms with Crippen LogP contribution in [0.3, 0.4) is 0 Å². The number of hydrogen-bond acceptors (Lipinski definition) is 3. The number of alkyl halides is 3. The van der Waals surface area contributed by atoms with Crippen LogP contribution in [0.2, 0.25) is 0 Å². The predicted octanol–water partition coefficient (Wildman–Crippen LogP) is 10.4. The lowest BCUT2D eigenvalue weighted by atomic mass is 9.92. The van der Waals surface area contributed by atoms with Crippen molar-refractivity contribution in [2.24, 2.45) is 0 Å². The summed E-state index contributed by atoms with van der Waals surface area (Å²) in [4.78, 5) is 5.06. The molecule has 0 radical (unpaired) electrons. The van der Waals surface area contributed by atoms with Gasteiger partial charge in [-0.2, -0.15) is 13.2 Å².